The Morgan fingerprint density at radius 1 is 0.966 bits per heavy atom. The lowest BCUT2D eigenvalue weighted by atomic mass is 9.96. The van der Waals surface area contributed by atoms with Crippen LogP contribution in [0.2, 0.25) is 0 Å². The zero-order chi connectivity index (χ0) is 18.4. The van der Waals surface area contributed by atoms with E-state index in [1.165, 1.54) is 16.7 Å². The van der Waals surface area contributed by atoms with Gasteiger partial charge >= 0.3 is 0 Å². The second-order valence-corrected chi connectivity index (χ2v) is 7.42. The largest absolute Gasteiger partial charge is 0.508 e. The Balaban J connectivity index is 0.00000261. The molecule has 0 spiro atoms. The van der Waals surface area contributed by atoms with Gasteiger partial charge in [-0.05, 0) is 43.5 Å². The van der Waals surface area contributed by atoms with Gasteiger partial charge in [0.2, 0.25) is 0 Å². The molecule has 6 heteroatoms. The van der Waals surface area contributed by atoms with Gasteiger partial charge in [0, 0.05) is 38.8 Å². The number of allylic oxidation sites excluding steroid dienone is 1. The van der Waals surface area contributed by atoms with Crippen molar-refractivity contribution in [2.45, 2.75) is 26.3 Å². The van der Waals surface area contributed by atoms with Crippen molar-refractivity contribution in [2.75, 3.05) is 32.7 Å². The van der Waals surface area contributed by atoms with E-state index < -0.39 is 0 Å². The summed E-state index contributed by atoms with van der Waals surface area (Å²) in [7, 11) is 0. The number of benzene rings is 2. The maximum atomic E-state index is 9.82. The highest BCUT2D eigenvalue weighted by molar-refractivity contribution is 5.85. The fourth-order valence-electron chi connectivity index (χ4n) is 3.61. The molecule has 3 rings (SSSR count). The van der Waals surface area contributed by atoms with Crippen molar-refractivity contribution < 1.29 is 10.6 Å². The van der Waals surface area contributed by atoms with E-state index in [2.05, 4.69) is 66.1 Å². The summed E-state index contributed by atoms with van der Waals surface area (Å²) in [4.78, 5) is 5.12. The van der Waals surface area contributed by atoms with Gasteiger partial charge in [-0.25, -0.2) is 0 Å². The van der Waals surface area contributed by atoms with Crippen LogP contribution in [0.3, 0.4) is 0 Å². The lowest BCUT2D eigenvalue weighted by molar-refractivity contribution is 0.102. The molecule has 2 aromatic carbocycles. The molecule has 0 saturated carbocycles. The first kappa shape index (κ1) is 27.4. The van der Waals surface area contributed by atoms with Crippen LogP contribution in [0, 0.1) is 0 Å². The molecule has 1 fully saturated rings. The van der Waals surface area contributed by atoms with Crippen molar-refractivity contribution in [3.63, 3.8) is 0 Å². The number of hydrogen-bond donors (Lipinski definition) is 1. The Kier molecular flexibility index (Phi) is 12.9. The average molecular weight is 441 g/mol. The zero-order valence-electron chi connectivity index (χ0n) is 17.3. The summed E-state index contributed by atoms with van der Waals surface area (Å²) in [6.07, 6.45) is 3.24. The molecule has 162 valence electrons. The van der Waals surface area contributed by atoms with Gasteiger partial charge in [-0.3, -0.25) is 9.80 Å². The summed E-state index contributed by atoms with van der Waals surface area (Å²) in [5.74, 6) is 0.348. The first-order valence-corrected chi connectivity index (χ1v) is 9.54. The van der Waals surface area contributed by atoms with Crippen molar-refractivity contribution in [3.05, 3.63) is 77.4 Å². The van der Waals surface area contributed by atoms with Gasteiger partial charge in [-0.1, -0.05) is 54.1 Å². The second kappa shape index (κ2) is 13.6. The number of halogens is 2. The van der Waals surface area contributed by atoms with Gasteiger partial charge in [-0.15, -0.1) is 24.8 Å². The maximum Gasteiger partial charge on any atom is 0.115 e. The monoisotopic (exact) mass is 440 g/mol. The summed E-state index contributed by atoms with van der Waals surface area (Å²) >= 11 is 0. The number of phenols is 1. The van der Waals surface area contributed by atoms with Gasteiger partial charge in [0.05, 0.1) is 0 Å². The van der Waals surface area contributed by atoms with Crippen LogP contribution in [0.1, 0.15) is 31.0 Å². The van der Waals surface area contributed by atoms with Crippen LogP contribution in [-0.4, -0.2) is 53.1 Å². The number of aromatic hydroxyl groups is 1. The molecule has 1 atom stereocenters. The Morgan fingerprint density at radius 2 is 1.62 bits per heavy atom. The molecule has 0 aliphatic carbocycles. The van der Waals surface area contributed by atoms with Gasteiger partial charge in [0.25, 0.3) is 0 Å². The minimum absolute atomic E-state index is 0. The fourth-order valence-corrected chi connectivity index (χ4v) is 3.61. The summed E-state index contributed by atoms with van der Waals surface area (Å²) in [5.41, 5.74) is 3.93. The van der Waals surface area contributed by atoms with E-state index in [1.807, 2.05) is 12.1 Å². The van der Waals surface area contributed by atoms with E-state index in [4.69, 9.17) is 0 Å². The van der Waals surface area contributed by atoms with E-state index in [9.17, 15) is 5.11 Å². The summed E-state index contributed by atoms with van der Waals surface area (Å²) < 4.78 is 0. The number of hydrogen-bond acceptors (Lipinski definition) is 3. The summed E-state index contributed by atoms with van der Waals surface area (Å²) in [6.45, 7) is 9.75. The third-order valence-electron chi connectivity index (χ3n) is 5.13. The van der Waals surface area contributed by atoms with Crippen LogP contribution >= 0.6 is 24.8 Å². The van der Waals surface area contributed by atoms with E-state index in [-0.39, 0.29) is 30.3 Å². The Labute approximate surface area is 187 Å². The minimum Gasteiger partial charge on any atom is -0.508 e. The second-order valence-electron chi connectivity index (χ2n) is 7.42. The van der Waals surface area contributed by atoms with Crippen molar-refractivity contribution >= 4 is 24.8 Å². The first-order valence-electron chi connectivity index (χ1n) is 9.54. The third kappa shape index (κ3) is 8.37. The van der Waals surface area contributed by atoms with Crippen LogP contribution < -0.4 is 0 Å². The first-order chi connectivity index (χ1) is 12.6. The summed E-state index contributed by atoms with van der Waals surface area (Å²) in [5, 5.41) is 9.82. The smallest absolute Gasteiger partial charge is 0.115 e. The molecule has 1 unspecified atom stereocenters. The maximum absolute atomic E-state index is 9.82. The van der Waals surface area contributed by atoms with Crippen LogP contribution in [0.5, 0.6) is 5.75 Å². The number of phenolic OH excluding ortho intramolecular Hbond substituents is 1. The SMILES string of the molecule is CC(C)=CCN1CCN(C(Cc2cccc(O)c2)c2ccccc2)CC1.Cl.Cl.O. The molecule has 1 saturated heterocycles. The number of nitrogens with zero attached hydrogens (tertiary/aromatic N) is 2. The Morgan fingerprint density at radius 3 is 2.21 bits per heavy atom. The molecule has 1 heterocycles. The Bertz CT molecular complexity index is 729. The lowest BCUT2D eigenvalue weighted by Crippen LogP contribution is -2.48. The molecular formula is C23H34Cl2N2O2. The predicted molar refractivity (Wildman–Crippen MR) is 127 cm³/mol. The highest BCUT2D eigenvalue weighted by atomic mass is 35.5. The van der Waals surface area contributed by atoms with Crippen LogP contribution in [0.15, 0.2) is 66.2 Å². The van der Waals surface area contributed by atoms with Crippen LogP contribution in [-0.2, 0) is 6.42 Å². The molecule has 1 aliphatic rings. The Hall–Kier alpha value is -1.56. The van der Waals surface area contributed by atoms with Crippen molar-refractivity contribution in [2.24, 2.45) is 0 Å². The molecule has 0 radical (unpaired) electrons. The highest BCUT2D eigenvalue weighted by Crippen LogP contribution is 2.27. The molecule has 3 N–H and O–H groups in total. The molecule has 2 aromatic rings. The van der Waals surface area contributed by atoms with E-state index in [0.29, 0.717) is 11.8 Å². The van der Waals surface area contributed by atoms with Crippen molar-refractivity contribution in [1.29, 1.82) is 0 Å². The van der Waals surface area contributed by atoms with Crippen LogP contribution in [0.25, 0.3) is 0 Å². The van der Waals surface area contributed by atoms with Gasteiger partial charge in [0.15, 0.2) is 0 Å². The highest BCUT2D eigenvalue weighted by Gasteiger charge is 2.25. The zero-order valence-corrected chi connectivity index (χ0v) is 18.9. The van der Waals surface area contributed by atoms with E-state index >= 15 is 0 Å². The number of rotatable bonds is 6. The molecule has 0 amide bonds. The molecule has 4 nitrogen and oxygen atoms in total. The van der Waals surface area contributed by atoms with Crippen molar-refractivity contribution in [3.8, 4) is 5.75 Å². The van der Waals surface area contributed by atoms with Gasteiger partial charge in [-0.2, -0.15) is 0 Å². The average Bonchev–Trinajstić information content (AvgIpc) is 2.66. The van der Waals surface area contributed by atoms with Crippen molar-refractivity contribution in [1.82, 2.24) is 9.80 Å². The van der Waals surface area contributed by atoms with E-state index in [0.717, 1.165) is 39.1 Å². The normalized spacial score (nSPS) is 15.2. The third-order valence-corrected chi connectivity index (χ3v) is 5.13. The minimum atomic E-state index is 0. The quantitative estimate of drug-likeness (QED) is 0.681. The van der Waals surface area contributed by atoms with Gasteiger partial charge < -0.3 is 10.6 Å². The fraction of sp³-hybridized carbons (Fsp3) is 0.391. The summed E-state index contributed by atoms with van der Waals surface area (Å²) in [6, 6.07) is 18.8. The van der Waals surface area contributed by atoms with Crippen LogP contribution in [0.4, 0.5) is 0 Å². The standard InChI is InChI=1S/C23H30N2O.2ClH.H2O/c1-19(2)11-12-24-13-15-25(16-14-24)23(21-8-4-3-5-9-21)18-20-7-6-10-22(26)17-20;;;/h3-11,17,23,26H,12-16,18H2,1-2H3;2*1H;1H2. The molecular weight excluding hydrogens is 407 g/mol. The topological polar surface area (TPSA) is 58.2 Å². The molecule has 0 aromatic heterocycles. The lowest BCUT2D eigenvalue weighted by Gasteiger charge is -2.39. The number of piperazine rings is 1. The molecule has 1 aliphatic heterocycles. The predicted octanol–water partition coefficient (Wildman–Crippen LogP) is 4.28. The van der Waals surface area contributed by atoms with E-state index in [1.54, 1.807) is 6.07 Å². The molecule has 29 heavy (non-hydrogen) atoms. The van der Waals surface area contributed by atoms with Gasteiger partial charge in [0.1, 0.15) is 5.75 Å². The molecule has 0 bridgehead atoms.